The molecule has 5 heteroatoms. The number of esters is 1. The van der Waals surface area contributed by atoms with Gasteiger partial charge in [0.25, 0.3) is 0 Å². The molecule has 15 heavy (non-hydrogen) atoms. The SMILES string of the molecule is CCC1CC(O)C(O)C(COC(C)=O)O1. The van der Waals surface area contributed by atoms with E-state index in [0.717, 1.165) is 6.42 Å². The Morgan fingerprint density at radius 2 is 2.20 bits per heavy atom. The first-order chi connectivity index (χ1) is 7.04. The summed E-state index contributed by atoms with van der Waals surface area (Å²) in [6, 6.07) is 0. The van der Waals surface area contributed by atoms with Crippen LogP contribution in [0.25, 0.3) is 0 Å². The van der Waals surface area contributed by atoms with E-state index in [9.17, 15) is 15.0 Å². The van der Waals surface area contributed by atoms with Crippen LogP contribution in [0.4, 0.5) is 0 Å². The molecule has 0 aliphatic carbocycles. The van der Waals surface area contributed by atoms with Gasteiger partial charge in [-0.1, -0.05) is 6.92 Å². The van der Waals surface area contributed by atoms with Gasteiger partial charge < -0.3 is 19.7 Å². The van der Waals surface area contributed by atoms with Gasteiger partial charge in [-0.05, 0) is 6.42 Å². The van der Waals surface area contributed by atoms with E-state index in [0.29, 0.717) is 6.42 Å². The normalized spacial score (nSPS) is 36.3. The third-order valence-electron chi connectivity index (χ3n) is 2.55. The molecule has 1 heterocycles. The molecular formula is C10H18O5. The lowest BCUT2D eigenvalue weighted by Gasteiger charge is -2.36. The number of rotatable bonds is 3. The van der Waals surface area contributed by atoms with Crippen LogP contribution in [0.1, 0.15) is 26.7 Å². The molecule has 4 atom stereocenters. The second-order valence-corrected chi connectivity index (χ2v) is 3.80. The molecule has 1 aliphatic rings. The second-order valence-electron chi connectivity index (χ2n) is 3.80. The molecule has 2 N–H and O–H groups in total. The molecule has 0 spiro atoms. The van der Waals surface area contributed by atoms with Gasteiger partial charge in [-0.15, -0.1) is 0 Å². The van der Waals surface area contributed by atoms with Crippen LogP contribution in [0.15, 0.2) is 0 Å². The summed E-state index contributed by atoms with van der Waals surface area (Å²) in [5.41, 5.74) is 0. The minimum Gasteiger partial charge on any atom is -0.463 e. The Hall–Kier alpha value is -0.650. The minimum atomic E-state index is -0.979. The fourth-order valence-corrected chi connectivity index (χ4v) is 1.64. The summed E-state index contributed by atoms with van der Waals surface area (Å²) < 4.78 is 10.2. The molecule has 1 rings (SSSR count). The van der Waals surface area contributed by atoms with Crippen LogP contribution < -0.4 is 0 Å². The summed E-state index contributed by atoms with van der Waals surface area (Å²) in [5, 5.41) is 19.1. The van der Waals surface area contributed by atoms with Gasteiger partial charge in [-0.25, -0.2) is 0 Å². The number of ether oxygens (including phenoxy) is 2. The molecule has 4 unspecified atom stereocenters. The minimum absolute atomic E-state index is 0.00986. The molecule has 1 fully saturated rings. The Kier molecular flexibility index (Phi) is 4.50. The molecule has 0 saturated carbocycles. The van der Waals surface area contributed by atoms with Crippen molar-refractivity contribution in [3.8, 4) is 0 Å². The summed E-state index contributed by atoms with van der Waals surface area (Å²) in [4.78, 5) is 10.6. The summed E-state index contributed by atoms with van der Waals surface area (Å²) in [5.74, 6) is -0.418. The van der Waals surface area contributed by atoms with Gasteiger partial charge in [0.1, 0.15) is 18.8 Å². The Morgan fingerprint density at radius 3 is 2.73 bits per heavy atom. The van der Waals surface area contributed by atoms with Gasteiger partial charge >= 0.3 is 5.97 Å². The smallest absolute Gasteiger partial charge is 0.302 e. The van der Waals surface area contributed by atoms with Crippen molar-refractivity contribution in [2.75, 3.05) is 6.61 Å². The van der Waals surface area contributed by atoms with Gasteiger partial charge in [0, 0.05) is 13.3 Å². The fourth-order valence-electron chi connectivity index (χ4n) is 1.64. The van der Waals surface area contributed by atoms with Gasteiger partial charge in [0.2, 0.25) is 0 Å². The van der Waals surface area contributed by atoms with E-state index in [1.165, 1.54) is 6.92 Å². The maximum absolute atomic E-state index is 10.6. The molecule has 0 aromatic carbocycles. The van der Waals surface area contributed by atoms with E-state index in [1.54, 1.807) is 0 Å². The van der Waals surface area contributed by atoms with E-state index in [2.05, 4.69) is 0 Å². The maximum atomic E-state index is 10.6. The van der Waals surface area contributed by atoms with Gasteiger partial charge in [0.15, 0.2) is 0 Å². The molecule has 88 valence electrons. The van der Waals surface area contributed by atoms with Crippen molar-refractivity contribution in [3.63, 3.8) is 0 Å². The van der Waals surface area contributed by atoms with Crippen LogP contribution in [0.5, 0.6) is 0 Å². The van der Waals surface area contributed by atoms with Crippen molar-refractivity contribution >= 4 is 5.97 Å². The highest BCUT2D eigenvalue weighted by molar-refractivity contribution is 5.65. The number of hydrogen-bond acceptors (Lipinski definition) is 5. The third-order valence-corrected chi connectivity index (χ3v) is 2.55. The standard InChI is InChI=1S/C10H18O5/c1-3-7-4-8(12)10(13)9(15-7)5-14-6(2)11/h7-10,12-13H,3-5H2,1-2H3. The van der Waals surface area contributed by atoms with Crippen molar-refractivity contribution < 1.29 is 24.5 Å². The van der Waals surface area contributed by atoms with Crippen molar-refractivity contribution in [2.45, 2.75) is 51.1 Å². The summed E-state index contributed by atoms with van der Waals surface area (Å²) in [6.45, 7) is 3.23. The van der Waals surface area contributed by atoms with Crippen LogP contribution in [0.3, 0.4) is 0 Å². The van der Waals surface area contributed by atoms with E-state index in [1.807, 2.05) is 6.92 Å². The van der Waals surface area contributed by atoms with Crippen molar-refractivity contribution in [1.82, 2.24) is 0 Å². The second kappa shape index (κ2) is 5.44. The average Bonchev–Trinajstić information content (AvgIpc) is 2.19. The average molecular weight is 218 g/mol. The molecule has 1 saturated heterocycles. The predicted octanol–water partition coefficient (Wildman–Crippen LogP) is -0.161. The summed E-state index contributed by atoms with van der Waals surface area (Å²) in [7, 11) is 0. The number of carbonyl (C=O) groups excluding carboxylic acids is 1. The molecule has 0 radical (unpaired) electrons. The van der Waals surface area contributed by atoms with E-state index in [-0.39, 0.29) is 12.7 Å². The molecule has 5 nitrogen and oxygen atoms in total. The molecule has 0 aromatic rings. The monoisotopic (exact) mass is 218 g/mol. The molecule has 1 aliphatic heterocycles. The van der Waals surface area contributed by atoms with Gasteiger partial charge in [-0.3, -0.25) is 4.79 Å². The van der Waals surface area contributed by atoms with Crippen LogP contribution in [-0.2, 0) is 14.3 Å². The highest BCUT2D eigenvalue weighted by Crippen LogP contribution is 2.22. The topological polar surface area (TPSA) is 76.0 Å². The Labute approximate surface area is 89.0 Å². The first-order valence-electron chi connectivity index (χ1n) is 5.19. The lowest BCUT2D eigenvalue weighted by molar-refractivity contribution is -0.189. The molecular weight excluding hydrogens is 200 g/mol. The molecule has 0 bridgehead atoms. The van der Waals surface area contributed by atoms with Gasteiger partial charge in [0.05, 0.1) is 12.2 Å². The van der Waals surface area contributed by atoms with E-state index < -0.39 is 24.3 Å². The maximum Gasteiger partial charge on any atom is 0.302 e. The first-order valence-corrected chi connectivity index (χ1v) is 5.19. The fraction of sp³-hybridized carbons (Fsp3) is 0.900. The van der Waals surface area contributed by atoms with E-state index in [4.69, 9.17) is 9.47 Å². The predicted molar refractivity (Wildman–Crippen MR) is 52.2 cm³/mol. The number of aliphatic hydroxyl groups is 2. The quantitative estimate of drug-likeness (QED) is 0.644. The lowest BCUT2D eigenvalue weighted by Crippen LogP contribution is -2.50. The zero-order valence-electron chi connectivity index (χ0n) is 9.05. The molecule has 0 aromatic heterocycles. The van der Waals surface area contributed by atoms with Gasteiger partial charge in [-0.2, -0.15) is 0 Å². The van der Waals surface area contributed by atoms with Crippen LogP contribution in [-0.4, -0.2) is 47.2 Å². The van der Waals surface area contributed by atoms with Crippen LogP contribution >= 0.6 is 0 Å². The first kappa shape index (κ1) is 12.4. The zero-order valence-corrected chi connectivity index (χ0v) is 9.05. The zero-order chi connectivity index (χ0) is 11.4. The highest BCUT2D eigenvalue weighted by Gasteiger charge is 2.36. The number of aliphatic hydroxyl groups excluding tert-OH is 2. The largest absolute Gasteiger partial charge is 0.463 e. The number of carbonyl (C=O) groups is 1. The summed E-state index contributed by atoms with van der Waals surface area (Å²) in [6.07, 6.45) is -1.29. The Morgan fingerprint density at radius 1 is 1.53 bits per heavy atom. The summed E-state index contributed by atoms with van der Waals surface area (Å²) >= 11 is 0. The highest BCUT2D eigenvalue weighted by atomic mass is 16.6. The van der Waals surface area contributed by atoms with Crippen molar-refractivity contribution in [2.24, 2.45) is 0 Å². The van der Waals surface area contributed by atoms with E-state index >= 15 is 0 Å². The lowest BCUT2D eigenvalue weighted by atomic mass is 9.97. The number of hydrogen-bond donors (Lipinski definition) is 2. The Balaban J connectivity index is 2.48. The van der Waals surface area contributed by atoms with Crippen molar-refractivity contribution in [3.05, 3.63) is 0 Å². The van der Waals surface area contributed by atoms with Crippen LogP contribution in [0, 0.1) is 0 Å². The third kappa shape index (κ3) is 3.44. The van der Waals surface area contributed by atoms with Crippen LogP contribution in [0.2, 0.25) is 0 Å². The Bertz CT molecular complexity index is 218. The van der Waals surface area contributed by atoms with Crippen molar-refractivity contribution in [1.29, 1.82) is 0 Å². The molecule has 0 amide bonds.